The van der Waals surface area contributed by atoms with E-state index in [1.807, 2.05) is 74.1 Å². The Morgan fingerprint density at radius 2 is 1.81 bits per heavy atom. The molecule has 0 saturated heterocycles. The fourth-order valence-corrected chi connectivity index (χ4v) is 7.09. The molecule has 0 amide bonds. The van der Waals surface area contributed by atoms with Crippen LogP contribution in [0.3, 0.4) is 0 Å². The van der Waals surface area contributed by atoms with Gasteiger partial charge in [-0.2, -0.15) is 11.8 Å². The minimum atomic E-state index is -0.911. The Morgan fingerprint density at radius 1 is 1.05 bits per heavy atom. The standard InChI is InChI=1S/C35H36ClNO3S.Na/c1-34(2,40)30-9-4-3-7-25(30)13-17-32(41-23-35(18-19-35)22-33(38)39)27-8-5-6-24(20-27)10-15-29-16-12-26-11-14-28(36)21-31(26)37-29;/h3-12,14-16,20-21,32,40H,13,17-19,22-23H2,1-2H3,(H,38,39);/b15-10+;/t32-;/m0./s1. The van der Waals surface area contributed by atoms with Gasteiger partial charge in [-0.25, -0.2) is 4.98 Å². The van der Waals surface area contributed by atoms with E-state index in [0.29, 0.717) is 5.02 Å². The Balaban J connectivity index is 0.00000405. The van der Waals surface area contributed by atoms with Crippen LogP contribution in [0.1, 0.15) is 72.7 Å². The van der Waals surface area contributed by atoms with Crippen molar-refractivity contribution in [2.24, 2.45) is 5.41 Å². The van der Waals surface area contributed by atoms with Crippen LogP contribution in [0.4, 0.5) is 0 Å². The summed E-state index contributed by atoms with van der Waals surface area (Å²) in [6.45, 7) is 3.66. The molecular weight excluding hydrogens is 573 g/mol. The van der Waals surface area contributed by atoms with Crippen molar-refractivity contribution in [1.29, 1.82) is 0 Å². The first kappa shape index (κ1) is 32.8. The van der Waals surface area contributed by atoms with Crippen molar-refractivity contribution in [3.05, 3.63) is 112 Å². The molecule has 1 heterocycles. The molecule has 213 valence electrons. The van der Waals surface area contributed by atoms with E-state index in [1.54, 1.807) is 0 Å². The summed E-state index contributed by atoms with van der Waals surface area (Å²) in [5.41, 5.74) is 5.15. The maximum absolute atomic E-state index is 11.5. The van der Waals surface area contributed by atoms with Crippen molar-refractivity contribution in [3.8, 4) is 0 Å². The Bertz CT molecular complexity index is 1580. The van der Waals surface area contributed by atoms with Gasteiger partial charge >= 0.3 is 5.97 Å². The summed E-state index contributed by atoms with van der Waals surface area (Å²) < 4.78 is 0. The van der Waals surface area contributed by atoms with Crippen molar-refractivity contribution in [2.75, 3.05) is 5.75 Å². The number of fused-ring (bicyclic) bond motifs is 1. The fourth-order valence-electron chi connectivity index (χ4n) is 5.36. The van der Waals surface area contributed by atoms with E-state index in [-0.39, 0.29) is 46.6 Å². The number of carboxylic acid groups (broad SMARTS) is 1. The number of thioether (sulfide) groups is 1. The Labute approximate surface area is 279 Å². The number of aliphatic carboxylic acids is 1. The smallest absolute Gasteiger partial charge is 0.303 e. The van der Waals surface area contributed by atoms with E-state index in [1.165, 1.54) is 5.56 Å². The van der Waals surface area contributed by atoms with Crippen LogP contribution in [0.2, 0.25) is 5.02 Å². The second kappa shape index (κ2) is 14.1. The van der Waals surface area contributed by atoms with Crippen LogP contribution in [0.25, 0.3) is 23.1 Å². The number of nitrogens with zero attached hydrogens (tertiary/aromatic N) is 1. The minimum absolute atomic E-state index is 0. The molecule has 1 aliphatic carbocycles. The topological polar surface area (TPSA) is 70.4 Å². The Morgan fingerprint density at radius 3 is 2.55 bits per heavy atom. The van der Waals surface area contributed by atoms with E-state index < -0.39 is 11.6 Å². The number of aromatic nitrogens is 1. The van der Waals surface area contributed by atoms with Gasteiger partial charge in [-0.15, -0.1) is 0 Å². The van der Waals surface area contributed by atoms with Crippen LogP contribution in [0.5, 0.6) is 0 Å². The zero-order chi connectivity index (χ0) is 29.0. The molecule has 4 aromatic rings. The van der Waals surface area contributed by atoms with Gasteiger partial charge in [0.15, 0.2) is 0 Å². The molecule has 1 radical (unpaired) electrons. The summed E-state index contributed by atoms with van der Waals surface area (Å²) in [4.78, 5) is 16.2. The molecule has 4 nitrogen and oxygen atoms in total. The molecule has 0 bridgehead atoms. The normalized spacial score (nSPS) is 15.0. The van der Waals surface area contributed by atoms with Gasteiger partial charge in [0.2, 0.25) is 0 Å². The first-order chi connectivity index (χ1) is 19.6. The molecule has 0 aliphatic heterocycles. The largest absolute Gasteiger partial charge is 0.481 e. The summed E-state index contributed by atoms with van der Waals surface area (Å²) >= 11 is 8.04. The van der Waals surface area contributed by atoms with Gasteiger partial charge in [0, 0.05) is 51.0 Å². The average Bonchev–Trinajstić information content (AvgIpc) is 3.70. The van der Waals surface area contributed by atoms with Crippen LogP contribution < -0.4 is 0 Å². The van der Waals surface area contributed by atoms with Gasteiger partial charge in [0.25, 0.3) is 0 Å². The molecule has 3 aromatic carbocycles. The third kappa shape index (κ3) is 8.72. The van der Waals surface area contributed by atoms with E-state index in [0.717, 1.165) is 64.7 Å². The fraction of sp³-hybridized carbons (Fsp3) is 0.314. The number of pyridine rings is 1. The first-order valence-corrected chi connectivity index (χ1v) is 15.5. The molecule has 1 aromatic heterocycles. The monoisotopic (exact) mass is 608 g/mol. The maximum Gasteiger partial charge on any atom is 0.303 e. The summed E-state index contributed by atoms with van der Waals surface area (Å²) in [6, 6.07) is 26.5. The summed E-state index contributed by atoms with van der Waals surface area (Å²) in [5.74, 6) is 0.122. The van der Waals surface area contributed by atoms with Crippen LogP contribution in [-0.2, 0) is 16.8 Å². The number of carbonyl (C=O) groups is 1. The predicted octanol–water partition coefficient (Wildman–Crippen LogP) is 8.57. The molecular formula is C35H36ClNNaO3S. The van der Waals surface area contributed by atoms with Crippen molar-refractivity contribution in [2.45, 2.75) is 56.8 Å². The van der Waals surface area contributed by atoms with Crippen molar-refractivity contribution in [3.63, 3.8) is 0 Å². The number of aliphatic hydroxyl groups is 1. The maximum atomic E-state index is 11.5. The number of carboxylic acids is 1. The molecule has 1 aliphatic rings. The molecule has 2 N–H and O–H groups in total. The van der Waals surface area contributed by atoms with Crippen LogP contribution in [-0.4, -0.2) is 56.5 Å². The van der Waals surface area contributed by atoms with E-state index in [2.05, 4.69) is 42.5 Å². The van der Waals surface area contributed by atoms with Crippen molar-refractivity contribution >= 4 is 81.9 Å². The van der Waals surface area contributed by atoms with E-state index in [4.69, 9.17) is 16.6 Å². The summed E-state index contributed by atoms with van der Waals surface area (Å²) in [5, 5.41) is 22.1. The predicted molar refractivity (Wildman–Crippen MR) is 177 cm³/mol. The second-order valence-corrected chi connectivity index (χ2v) is 13.3. The van der Waals surface area contributed by atoms with Crippen LogP contribution in [0, 0.1) is 5.41 Å². The molecule has 5 rings (SSSR count). The van der Waals surface area contributed by atoms with Gasteiger partial charge in [-0.05, 0) is 91.5 Å². The van der Waals surface area contributed by atoms with Crippen LogP contribution in [0.15, 0.2) is 78.9 Å². The molecule has 42 heavy (non-hydrogen) atoms. The van der Waals surface area contributed by atoms with Gasteiger partial charge in [-0.3, -0.25) is 4.79 Å². The molecule has 0 spiro atoms. The molecule has 1 saturated carbocycles. The number of aryl methyl sites for hydroxylation is 1. The number of halogens is 1. The van der Waals surface area contributed by atoms with Crippen molar-refractivity contribution in [1.82, 2.24) is 4.98 Å². The zero-order valence-corrected chi connectivity index (χ0v) is 28.1. The van der Waals surface area contributed by atoms with Crippen LogP contribution >= 0.6 is 23.4 Å². The molecule has 1 atom stereocenters. The van der Waals surface area contributed by atoms with Gasteiger partial charge in [-0.1, -0.05) is 78.3 Å². The summed E-state index contributed by atoms with van der Waals surface area (Å²) in [7, 11) is 0. The Hall–Kier alpha value is -2.12. The quantitative estimate of drug-likeness (QED) is 0.158. The number of rotatable bonds is 12. The molecule has 7 heteroatoms. The third-order valence-corrected chi connectivity index (χ3v) is 9.76. The molecule has 1 fully saturated rings. The number of benzene rings is 3. The third-order valence-electron chi connectivity index (χ3n) is 7.83. The van der Waals surface area contributed by atoms with Gasteiger partial charge in [0.05, 0.1) is 23.2 Å². The number of hydrogen-bond donors (Lipinski definition) is 2. The average molecular weight is 609 g/mol. The minimum Gasteiger partial charge on any atom is -0.481 e. The summed E-state index contributed by atoms with van der Waals surface area (Å²) in [6.07, 6.45) is 8.02. The van der Waals surface area contributed by atoms with Gasteiger partial charge in [0.1, 0.15) is 0 Å². The van der Waals surface area contributed by atoms with E-state index >= 15 is 0 Å². The van der Waals surface area contributed by atoms with Gasteiger partial charge < -0.3 is 10.2 Å². The zero-order valence-electron chi connectivity index (χ0n) is 24.5. The molecule has 0 unspecified atom stereocenters. The Kier molecular flexibility index (Phi) is 11.0. The van der Waals surface area contributed by atoms with E-state index in [9.17, 15) is 15.0 Å². The second-order valence-electron chi connectivity index (χ2n) is 11.7. The first-order valence-electron chi connectivity index (χ1n) is 14.1. The SMILES string of the molecule is CC(C)(O)c1ccccc1CC[C@H](SCC1(CC(=O)O)CC1)c1cccc(/C=C/c2ccc3ccc(Cl)cc3n2)c1.[Na]. The van der Waals surface area contributed by atoms with Crippen molar-refractivity contribution < 1.29 is 15.0 Å². The number of hydrogen-bond acceptors (Lipinski definition) is 4.